The van der Waals surface area contributed by atoms with Crippen molar-refractivity contribution in [3.05, 3.63) is 18.2 Å². The minimum atomic E-state index is -0.521. The highest BCUT2D eigenvalue weighted by atomic mass is 32.2. The van der Waals surface area contributed by atoms with Gasteiger partial charge >= 0.3 is 0 Å². The van der Waals surface area contributed by atoms with Crippen molar-refractivity contribution in [3.8, 4) is 11.5 Å². The van der Waals surface area contributed by atoms with E-state index in [0.29, 0.717) is 29.0 Å². The molecule has 0 radical (unpaired) electrons. The number of anilines is 1. The molecule has 142 valence electrons. The molecule has 2 atom stereocenters. The van der Waals surface area contributed by atoms with Crippen LogP contribution in [-0.4, -0.2) is 56.2 Å². The summed E-state index contributed by atoms with van der Waals surface area (Å²) in [7, 11) is 4.65. The second kappa shape index (κ2) is 9.44. The van der Waals surface area contributed by atoms with Crippen LogP contribution in [0.4, 0.5) is 5.69 Å². The number of methoxy groups -OCH3 is 3. The van der Waals surface area contributed by atoms with Crippen molar-refractivity contribution >= 4 is 34.4 Å². The first-order valence-electron chi connectivity index (χ1n) is 8.03. The first kappa shape index (κ1) is 20.1. The van der Waals surface area contributed by atoms with Gasteiger partial charge in [-0.25, -0.2) is 0 Å². The minimum absolute atomic E-state index is 0.0311. The number of thioether (sulfide) groups is 1. The molecule has 0 spiro atoms. The number of carbonyl (C=O) groups is 2. The molecule has 2 rings (SSSR count). The number of rotatable bonds is 8. The average molecular weight is 381 g/mol. The molecular formula is C17H23N3O5S. The fraction of sp³-hybridized carbons (Fsp3) is 0.471. The van der Waals surface area contributed by atoms with Crippen LogP contribution in [0.5, 0.6) is 11.5 Å². The molecular weight excluding hydrogens is 358 g/mol. The van der Waals surface area contributed by atoms with Crippen LogP contribution < -0.4 is 20.1 Å². The SMILES string of the molecule is COC[C@@H](C)N=C1NC(=O)[C@@H](CC(=O)Nc2ccc(OC)cc2OC)S1. The Morgan fingerprint density at radius 3 is 2.77 bits per heavy atom. The van der Waals surface area contributed by atoms with E-state index in [9.17, 15) is 9.59 Å². The highest BCUT2D eigenvalue weighted by Crippen LogP contribution is 2.30. The van der Waals surface area contributed by atoms with Gasteiger partial charge in [-0.05, 0) is 19.1 Å². The number of benzene rings is 1. The molecule has 0 unspecified atom stereocenters. The molecule has 1 aliphatic rings. The van der Waals surface area contributed by atoms with E-state index in [1.807, 2.05) is 6.92 Å². The van der Waals surface area contributed by atoms with Crippen molar-refractivity contribution in [2.45, 2.75) is 24.6 Å². The smallest absolute Gasteiger partial charge is 0.240 e. The quantitative estimate of drug-likeness (QED) is 0.711. The summed E-state index contributed by atoms with van der Waals surface area (Å²) in [6.45, 7) is 2.35. The molecule has 0 bridgehead atoms. The van der Waals surface area contributed by atoms with Crippen LogP contribution in [0.25, 0.3) is 0 Å². The van der Waals surface area contributed by atoms with E-state index >= 15 is 0 Å². The van der Waals surface area contributed by atoms with Crippen molar-refractivity contribution in [3.63, 3.8) is 0 Å². The van der Waals surface area contributed by atoms with Crippen LogP contribution in [-0.2, 0) is 14.3 Å². The normalized spacial score (nSPS) is 19.2. The number of amides is 2. The molecule has 2 amide bonds. The summed E-state index contributed by atoms with van der Waals surface area (Å²) < 4.78 is 15.4. The Balaban J connectivity index is 1.97. The summed E-state index contributed by atoms with van der Waals surface area (Å²) in [5, 5.41) is 5.45. The Morgan fingerprint density at radius 1 is 1.35 bits per heavy atom. The molecule has 1 fully saturated rings. The van der Waals surface area contributed by atoms with E-state index in [2.05, 4.69) is 15.6 Å². The third-order valence-corrected chi connectivity index (χ3v) is 4.67. The van der Waals surface area contributed by atoms with Crippen LogP contribution in [0, 0.1) is 0 Å². The van der Waals surface area contributed by atoms with Crippen LogP contribution >= 0.6 is 11.8 Å². The van der Waals surface area contributed by atoms with Gasteiger partial charge in [-0.15, -0.1) is 0 Å². The van der Waals surface area contributed by atoms with Crippen LogP contribution in [0.2, 0.25) is 0 Å². The molecule has 0 saturated carbocycles. The van der Waals surface area contributed by atoms with Gasteiger partial charge in [-0.1, -0.05) is 11.8 Å². The van der Waals surface area contributed by atoms with Crippen LogP contribution in [0.1, 0.15) is 13.3 Å². The van der Waals surface area contributed by atoms with Gasteiger partial charge in [0.25, 0.3) is 0 Å². The molecule has 1 aliphatic heterocycles. The molecule has 0 aliphatic carbocycles. The Bertz CT molecular complexity index is 695. The summed E-state index contributed by atoms with van der Waals surface area (Å²) in [6.07, 6.45) is 0.0311. The highest BCUT2D eigenvalue weighted by Gasteiger charge is 2.32. The number of aliphatic imine (C=N–C) groups is 1. The monoisotopic (exact) mass is 381 g/mol. The predicted octanol–water partition coefficient (Wildman–Crippen LogP) is 1.65. The van der Waals surface area contributed by atoms with Gasteiger partial charge in [0.1, 0.15) is 16.7 Å². The number of hydrogen-bond acceptors (Lipinski definition) is 7. The Kier molecular flexibility index (Phi) is 7.28. The molecule has 1 aromatic rings. The molecule has 1 heterocycles. The molecule has 9 heteroatoms. The molecule has 0 aromatic heterocycles. The molecule has 26 heavy (non-hydrogen) atoms. The Hall–Kier alpha value is -2.26. The van der Waals surface area contributed by atoms with E-state index in [4.69, 9.17) is 14.2 Å². The molecule has 2 N–H and O–H groups in total. The predicted molar refractivity (Wildman–Crippen MR) is 101 cm³/mol. The second-order valence-corrected chi connectivity index (χ2v) is 6.84. The zero-order valence-electron chi connectivity index (χ0n) is 15.2. The number of nitrogens with zero attached hydrogens (tertiary/aromatic N) is 1. The first-order chi connectivity index (χ1) is 12.5. The standard InChI is InChI=1S/C17H23N3O5S/c1-10(9-23-2)18-17-20-16(22)14(26-17)8-15(21)19-12-6-5-11(24-3)7-13(12)25-4/h5-7,10,14H,8-9H2,1-4H3,(H,19,21)(H,18,20,22)/t10-,14-/m1/s1. The number of amidine groups is 1. The minimum Gasteiger partial charge on any atom is -0.497 e. The maximum atomic E-state index is 12.3. The Morgan fingerprint density at radius 2 is 2.12 bits per heavy atom. The zero-order chi connectivity index (χ0) is 19.1. The van der Waals surface area contributed by atoms with Crippen LogP contribution in [0.3, 0.4) is 0 Å². The van der Waals surface area contributed by atoms with E-state index in [-0.39, 0.29) is 24.3 Å². The lowest BCUT2D eigenvalue weighted by molar-refractivity contribution is -0.122. The van der Waals surface area contributed by atoms with Crippen molar-refractivity contribution in [1.29, 1.82) is 0 Å². The lowest BCUT2D eigenvalue weighted by atomic mass is 10.2. The lowest BCUT2D eigenvalue weighted by Crippen LogP contribution is -2.28. The average Bonchev–Trinajstić information content (AvgIpc) is 2.94. The van der Waals surface area contributed by atoms with Crippen molar-refractivity contribution < 1.29 is 23.8 Å². The lowest BCUT2D eigenvalue weighted by Gasteiger charge is -2.12. The maximum absolute atomic E-state index is 12.3. The topological polar surface area (TPSA) is 98.2 Å². The van der Waals surface area contributed by atoms with E-state index in [1.165, 1.54) is 18.9 Å². The summed E-state index contributed by atoms with van der Waals surface area (Å²) in [6, 6.07) is 5.02. The zero-order valence-corrected chi connectivity index (χ0v) is 16.0. The molecule has 1 saturated heterocycles. The molecule has 1 aromatic carbocycles. The third kappa shape index (κ3) is 5.37. The fourth-order valence-corrected chi connectivity index (χ4v) is 3.42. The number of carbonyl (C=O) groups excluding carboxylic acids is 2. The van der Waals surface area contributed by atoms with E-state index in [1.54, 1.807) is 32.4 Å². The first-order valence-corrected chi connectivity index (χ1v) is 8.91. The van der Waals surface area contributed by atoms with Crippen molar-refractivity contribution in [2.75, 3.05) is 33.3 Å². The maximum Gasteiger partial charge on any atom is 0.240 e. The largest absolute Gasteiger partial charge is 0.497 e. The van der Waals surface area contributed by atoms with Gasteiger partial charge in [0.15, 0.2) is 5.17 Å². The second-order valence-electron chi connectivity index (χ2n) is 5.65. The van der Waals surface area contributed by atoms with Gasteiger partial charge in [0.2, 0.25) is 11.8 Å². The van der Waals surface area contributed by atoms with Crippen molar-refractivity contribution in [2.24, 2.45) is 4.99 Å². The van der Waals surface area contributed by atoms with Gasteiger partial charge in [-0.2, -0.15) is 0 Å². The third-order valence-electron chi connectivity index (χ3n) is 3.58. The highest BCUT2D eigenvalue weighted by molar-refractivity contribution is 8.15. The number of hydrogen-bond donors (Lipinski definition) is 2. The summed E-state index contributed by atoms with van der Waals surface area (Å²) in [4.78, 5) is 28.7. The summed E-state index contributed by atoms with van der Waals surface area (Å²) in [5.74, 6) is 0.594. The number of ether oxygens (including phenoxy) is 3. The summed E-state index contributed by atoms with van der Waals surface area (Å²) in [5.41, 5.74) is 0.518. The van der Waals surface area contributed by atoms with E-state index < -0.39 is 5.25 Å². The van der Waals surface area contributed by atoms with E-state index in [0.717, 1.165) is 0 Å². The van der Waals surface area contributed by atoms with Gasteiger partial charge in [-0.3, -0.25) is 14.6 Å². The number of nitrogens with one attached hydrogen (secondary N) is 2. The molecule has 8 nitrogen and oxygen atoms in total. The fourth-order valence-electron chi connectivity index (χ4n) is 2.35. The summed E-state index contributed by atoms with van der Waals surface area (Å²) >= 11 is 1.25. The Labute approximate surface area is 156 Å². The van der Waals surface area contributed by atoms with Gasteiger partial charge < -0.3 is 24.8 Å². The van der Waals surface area contributed by atoms with Gasteiger partial charge in [0.05, 0.1) is 32.6 Å². The van der Waals surface area contributed by atoms with Gasteiger partial charge in [0, 0.05) is 19.6 Å². The van der Waals surface area contributed by atoms with Crippen molar-refractivity contribution in [1.82, 2.24) is 5.32 Å². The van der Waals surface area contributed by atoms with Crippen LogP contribution in [0.15, 0.2) is 23.2 Å².